The molecule has 1 heterocycles. The van der Waals surface area contributed by atoms with Gasteiger partial charge in [-0.05, 0) is 42.7 Å². The summed E-state index contributed by atoms with van der Waals surface area (Å²) in [6, 6.07) is 11.1. The fourth-order valence-corrected chi connectivity index (χ4v) is 4.44. The lowest BCUT2D eigenvalue weighted by Gasteiger charge is -2.29. The lowest BCUT2D eigenvalue weighted by atomic mass is 10.1. The van der Waals surface area contributed by atoms with Crippen LogP contribution in [0.2, 0.25) is 0 Å². The van der Waals surface area contributed by atoms with Crippen molar-refractivity contribution in [3.63, 3.8) is 0 Å². The third-order valence-corrected chi connectivity index (χ3v) is 5.85. The highest BCUT2D eigenvalue weighted by molar-refractivity contribution is 14.0. The summed E-state index contributed by atoms with van der Waals surface area (Å²) < 4.78 is 10.6. The molecule has 0 atom stereocenters. The molecule has 2 aromatic carbocycles. The Hall–Kier alpha value is 0.500. The molecule has 2 aromatic rings. The highest BCUT2D eigenvalue weighted by atomic mass is 127. The smallest absolute Gasteiger partial charge is 0.0637 e. The normalized spacial score (nSPS) is 11.0. The largest absolute Gasteiger partial charge is 0.383 e. The van der Waals surface area contributed by atoms with Gasteiger partial charge < -0.3 is 19.7 Å². The average Bonchev–Trinajstić information content (AvgIpc) is 2.66. The van der Waals surface area contributed by atoms with Gasteiger partial charge in [0, 0.05) is 42.8 Å². The van der Waals surface area contributed by atoms with Gasteiger partial charge in [-0.15, -0.1) is 71.9 Å². The van der Waals surface area contributed by atoms with E-state index in [0.29, 0.717) is 13.2 Å². The third kappa shape index (κ3) is 7.26. The molecule has 1 aliphatic heterocycles. The van der Waals surface area contributed by atoms with Crippen LogP contribution in [0.4, 0.5) is 17.1 Å². The van der Waals surface area contributed by atoms with Crippen molar-refractivity contribution < 1.29 is 9.47 Å². The number of benzene rings is 2. The van der Waals surface area contributed by atoms with Gasteiger partial charge in [0.25, 0.3) is 0 Å². The molecule has 0 radical (unpaired) electrons. The zero-order valence-corrected chi connectivity index (χ0v) is 25.1. The molecule has 3 rings (SSSR count). The summed E-state index contributed by atoms with van der Waals surface area (Å²) in [4.78, 5) is 4.91. The molecule has 164 valence electrons. The van der Waals surface area contributed by atoms with Crippen molar-refractivity contribution in [2.45, 2.75) is 30.1 Å². The van der Waals surface area contributed by atoms with Crippen LogP contribution < -0.4 is 10.2 Å². The predicted octanol–water partition coefficient (Wildman–Crippen LogP) is 6.72. The van der Waals surface area contributed by atoms with Crippen molar-refractivity contribution in [1.29, 1.82) is 0 Å². The highest BCUT2D eigenvalue weighted by Gasteiger charge is 2.21. The molecule has 8 heteroatoms. The zero-order valence-electron chi connectivity index (χ0n) is 17.3. The SMILES string of the molecule is CCc1cccc2c1Nc1c(C)cc(N(CCOC)CCOC)cc1S2.I.I.I. The maximum atomic E-state index is 5.29. The van der Waals surface area contributed by atoms with Crippen molar-refractivity contribution in [2.75, 3.05) is 50.7 Å². The predicted molar refractivity (Wildman–Crippen MR) is 157 cm³/mol. The Kier molecular flexibility index (Phi) is 14.8. The van der Waals surface area contributed by atoms with Crippen molar-refractivity contribution in [3.8, 4) is 0 Å². The number of hydrogen-bond acceptors (Lipinski definition) is 5. The van der Waals surface area contributed by atoms with E-state index >= 15 is 0 Å². The second kappa shape index (κ2) is 14.5. The number of nitrogens with zero attached hydrogens (tertiary/aromatic N) is 1. The summed E-state index contributed by atoms with van der Waals surface area (Å²) in [5.74, 6) is 0. The maximum absolute atomic E-state index is 5.29. The first-order chi connectivity index (χ1) is 12.7. The summed E-state index contributed by atoms with van der Waals surface area (Å²) in [6.45, 7) is 7.50. The van der Waals surface area contributed by atoms with Crippen molar-refractivity contribution in [2.24, 2.45) is 0 Å². The minimum Gasteiger partial charge on any atom is -0.383 e. The van der Waals surface area contributed by atoms with Crippen LogP contribution in [-0.2, 0) is 15.9 Å². The molecule has 0 bridgehead atoms. The zero-order chi connectivity index (χ0) is 18.5. The summed E-state index contributed by atoms with van der Waals surface area (Å²) in [5, 5.41) is 3.69. The number of methoxy groups -OCH3 is 2. The Morgan fingerprint density at radius 3 is 2.17 bits per heavy atom. The van der Waals surface area contributed by atoms with E-state index in [2.05, 4.69) is 54.4 Å². The van der Waals surface area contributed by atoms with Gasteiger partial charge in [0.05, 0.1) is 24.6 Å². The molecule has 0 saturated heterocycles. The van der Waals surface area contributed by atoms with Crippen LogP contribution in [0, 0.1) is 6.92 Å². The minimum absolute atomic E-state index is 0. The number of halogens is 3. The van der Waals surface area contributed by atoms with E-state index in [4.69, 9.17) is 9.47 Å². The highest BCUT2D eigenvalue weighted by Crippen LogP contribution is 2.48. The first kappa shape index (κ1) is 29.5. The average molecular weight is 756 g/mol. The molecular formula is C21H31I3N2O2S. The Bertz CT molecular complexity index is 770. The van der Waals surface area contributed by atoms with Crippen LogP contribution in [-0.4, -0.2) is 40.5 Å². The van der Waals surface area contributed by atoms with Crippen LogP contribution >= 0.6 is 83.7 Å². The second-order valence-corrected chi connectivity index (χ2v) is 7.56. The molecule has 0 saturated carbocycles. The van der Waals surface area contributed by atoms with Gasteiger partial charge in [-0.25, -0.2) is 0 Å². The van der Waals surface area contributed by atoms with E-state index in [-0.39, 0.29) is 71.9 Å². The van der Waals surface area contributed by atoms with Crippen LogP contribution in [0.15, 0.2) is 40.1 Å². The lowest BCUT2D eigenvalue weighted by molar-refractivity contribution is 0.190. The molecule has 1 aliphatic rings. The number of ether oxygens (including phenoxy) is 2. The van der Waals surface area contributed by atoms with Crippen molar-refractivity contribution in [3.05, 3.63) is 41.5 Å². The quantitative estimate of drug-likeness (QED) is 0.259. The number of anilines is 3. The number of rotatable bonds is 8. The van der Waals surface area contributed by atoms with Crippen molar-refractivity contribution in [1.82, 2.24) is 0 Å². The molecule has 0 aromatic heterocycles. The minimum atomic E-state index is 0. The standard InChI is InChI=1S/C21H28N2O2S.3HI/c1-5-16-7-6-8-18-21(16)22-20-15(2)13-17(14-19(20)26-18)23(9-11-24-3)10-12-25-4;;;/h6-8,13-14,22H,5,9-12H2,1-4H3;3*1H. The molecule has 4 nitrogen and oxygen atoms in total. The van der Waals surface area contributed by atoms with Gasteiger partial charge in [-0.1, -0.05) is 30.8 Å². The molecule has 0 spiro atoms. The van der Waals surface area contributed by atoms with E-state index in [1.807, 2.05) is 11.8 Å². The van der Waals surface area contributed by atoms with Crippen molar-refractivity contribution >= 4 is 101 Å². The number of fused-ring (bicyclic) bond motifs is 2. The van der Waals surface area contributed by atoms with Gasteiger partial charge in [0.15, 0.2) is 0 Å². The second-order valence-electron chi connectivity index (χ2n) is 6.48. The topological polar surface area (TPSA) is 33.7 Å². The molecule has 29 heavy (non-hydrogen) atoms. The number of para-hydroxylation sites is 1. The fourth-order valence-electron chi connectivity index (χ4n) is 3.27. The summed E-state index contributed by atoms with van der Waals surface area (Å²) in [5.41, 5.74) is 6.34. The third-order valence-electron chi connectivity index (χ3n) is 4.74. The first-order valence-corrected chi connectivity index (χ1v) is 9.93. The van der Waals surface area contributed by atoms with Gasteiger partial charge >= 0.3 is 0 Å². The molecule has 1 N–H and O–H groups in total. The first-order valence-electron chi connectivity index (χ1n) is 9.12. The Labute approximate surface area is 230 Å². The molecule has 0 unspecified atom stereocenters. The Morgan fingerprint density at radius 1 is 0.931 bits per heavy atom. The lowest BCUT2D eigenvalue weighted by Crippen LogP contribution is -2.30. The van der Waals surface area contributed by atoms with Gasteiger partial charge in [-0.3, -0.25) is 0 Å². The van der Waals surface area contributed by atoms with Gasteiger partial charge in [0.2, 0.25) is 0 Å². The molecule has 0 amide bonds. The summed E-state index contributed by atoms with van der Waals surface area (Å²) in [6.07, 6.45) is 1.03. The monoisotopic (exact) mass is 756 g/mol. The summed E-state index contributed by atoms with van der Waals surface area (Å²) in [7, 11) is 3.49. The Morgan fingerprint density at radius 2 is 1.59 bits per heavy atom. The van der Waals surface area contributed by atoms with Crippen LogP contribution in [0.25, 0.3) is 0 Å². The van der Waals surface area contributed by atoms with Crippen LogP contribution in [0.5, 0.6) is 0 Å². The molecular weight excluding hydrogens is 725 g/mol. The molecule has 0 fully saturated rings. The number of aryl methyl sites for hydroxylation is 2. The summed E-state index contributed by atoms with van der Waals surface area (Å²) >= 11 is 1.85. The van der Waals surface area contributed by atoms with E-state index in [9.17, 15) is 0 Å². The number of nitrogens with one attached hydrogen (secondary N) is 1. The van der Waals surface area contributed by atoms with E-state index in [1.165, 1.54) is 38.0 Å². The number of hydrogen-bond donors (Lipinski definition) is 1. The fraction of sp³-hybridized carbons (Fsp3) is 0.429. The maximum Gasteiger partial charge on any atom is 0.0637 e. The van der Waals surface area contributed by atoms with Gasteiger partial charge in [0.1, 0.15) is 0 Å². The van der Waals surface area contributed by atoms with Crippen LogP contribution in [0.1, 0.15) is 18.1 Å². The van der Waals surface area contributed by atoms with E-state index in [1.54, 1.807) is 14.2 Å². The van der Waals surface area contributed by atoms with E-state index < -0.39 is 0 Å². The van der Waals surface area contributed by atoms with Gasteiger partial charge in [-0.2, -0.15) is 0 Å². The molecule has 0 aliphatic carbocycles. The Balaban J connectivity index is 0.00000261. The van der Waals surface area contributed by atoms with E-state index in [0.717, 1.165) is 19.5 Å². The van der Waals surface area contributed by atoms with Crippen LogP contribution in [0.3, 0.4) is 0 Å².